The molecule has 0 amide bonds. The highest BCUT2D eigenvalue weighted by atomic mass is 15.3. The minimum absolute atomic E-state index is 0.130. The van der Waals surface area contributed by atoms with Crippen LogP contribution in [0.2, 0.25) is 0 Å². The molecule has 2 aromatic carbocycles. The second kappa shape index (κ2) is 10.8. The zero-order valence-electron chi connectivity index (χ0n) is 21.9. The molecule has 2 aliphatic rings. The fourth-order valence-corrected chi connectivity index (χ4v) is 5.89. The van der Waals surface area contributed by atoms with Crippen molar-refractivity contribution in [2.24, 2.45) is 5.92 Å². The number of rotatable bonds is 7. The van der Waals surface area contributed by atoms with Gasteiger partial charge in [0.1, 0.15) is 0 Å². The number of nitrogens with one attached hydrogen (secondary N) is 1. The number of hydrogen-bond donors (Lipinski definition) is 1. The molecule has 194 valence electrons. The minimum Gasteiger partial charge on any atom is -0.369 e. The Kier molecular flexibility index (Phi) is 6.93. The van der Waals surface area contributed by atoms with Crippen molar-refractivity contribution in [1.29, 1.82) is 5.26 Å². The van der Waals surface area contributed by atoms with Crippen molar-refractivity contribution >= 4 is 28.2 Å². The van der Waals surface area contributed by atoms with Gasteiger partial charge in [-0.2, -0.15) is 10.4 Å². The van der Waals surface area contributed by atoms with E-state index in [0.717, 1.165) is 53.9 Å². The standard InChI is InChI=1S/C30H34N8/c1-36-14-16-37(17-15-36)26-10-5-9-25(18-26)34-30-32-19-23-8-4-11-27(29(23)35-30)24-20-33-38(21-24)28(12-13-31)22-6-2-3-7-22/h4-5,8-11,18-22,28H,2-3,6-7,12,14-17H2,1H3,(H,32,34,35). The van der Waals surface area contributed by atoms with Crippen molar-refractivity contribution in [3.8, 4) is 17.2 Å². The van der Waals surface area contributed by atoms with Crippen molar-refractivity contribution in [3.05, 3.63) is 61.1 Å². The quantitative estimate of drug-likeness (QED) is 0.347. The summed E-state index contributed by atoms with van der Waals surface area (Å²) in [6.07, 6.45) is 11.2. The lowest BCUT2D eigenvalue weighted by atomic mass is 9.96. The molecule has 6 rings (SSSR count). The van der Waals surface area contributed by atoms with Crippen LogP contribution in [-0.2, 0) is 0 Å². The average Bonchev–Trinajstić information content (AvgIpc) is 3.65. The number of hydrogen-bond acceptors (Lipinski definition) is 7. The Bertz CT molecular complexity index is 1440. The monoisotopic (exact) mass is 506 g/mol. The van der Waals surface area contributed by atoms with E-state index in [-0.39, 0.29) is 6.04 Å². The number of nitrogens with zero attached hydrogens (tertiary/aromatic N) is 7. The first kappa shape index (κ1) is 24.4. The van der Waals surface area contributed by atoms with E-state index in [1.54, 1.807) is 0 Å². The van der Waals surface area contributed by atoms with Gasteiger partial charge in [0, 0.05) is 66.5 Å². The number of aromatic nitrogens is 4. The van der Waals surface area contributed by atoms with Gasteiger partial charge in [-0.3, -0.25) is 4.68 Å². The Hall–Kier alpha value is -3.96. The zero-order valence-corrected chi connectivity index (χ0v) is 21.9. The largest absolute Gasteiger partial charge is 0.369 e. The summed E-state index contributed by atoms with van der Waals surface area (Å²) >= 11 is 0. The second-order valence-electron chi connectivity index (χ2n) is 10.6. The van der Waals surface area contributed by atoms with Gasteiger partial charge < -0.3 is 15.1 Å². The predicted molar refractivity (Wildman–Crippen MR) is 151 cm³/mol. The first-order chi connectivity index (χ1) is 18.7. The van der Waals surface area contributed by atoms with E-state index in [1.807, 2.05) is 29.2 Å². The van der Waals surface area contributed by atoms with Crippen LogP contribution in [0.3, 0.4) is 0 Å². The van der Waals surface area contributed by atoms with E-state index in [0.29, 0.717) is 18.3 Å². The minimum atomic E-state index is 0.130. The average molecular weight is 507 g/mol. The maximum atomic E-state index is 9.46. The van der Waals surface area contributed by atoms with Gasteiger partial charge in [0.15, 0.2) is 0 Å². The highest BCUT2D eigenvalue weighted by molar-refractivity contribution is 5.93. The van der Waals surface area contributed by atoms with Crippen LogP contribution in [0.15, 0.2) is 61.1 Å². The number of benzene rings is 2. The summed E-state index contributed by atoms with van der Waals surface area (Å²) < 4.78 is 2.01. The number of anilines is 3. The molecule has 1 aliphatic heterocycles. The van der Waals surface area contributed by atoms with Crippen molar-refractivity contribution in [2.75, 3.05) is 43.4 Å². The Balaban J connectivity index is 1.27. The fraction of sp³-hybridized carbons (Fsp3) is 0.400. The van der Waals surface area contributed by atoms with Gasteiger partial charge in [0.05, 0.1) is 30.2 Å². The van der Waals surface area contributed by atoms with Crippen molar-refractivity contribution in [2.45, 2.75) is 38.1 Å². The predicted octanol–water partition coefficient (Wildman–Crippen LogP) is 5.63. The van der Waals surface area contributed by atoms with Crippen LogP contribution < -0.4 is 10.2 Å². The van der Waals surface area contributed by atoms with Crippen molar-refractivity contribution in [3.63, 3.8) is 0 Å². The highest BCUT2D eigenvalue weighted by Gasteiger charge is 2.27. The lowest BCUT2D eigenvalue weighted by Crippen LogP contribution is -2.44. The molecule has 0 bridgehead atoms. The van der Waals surface area contributed by atoms with Gasteiger partial charge in [0.2, 0.25) is 5.95 Å². The lowest BCUT2D eigenvalue weighted by Gasteiger charge is -2.34. The molecule has 4 aromatic rings. The van der Waals surface area contributed by atoms with E-state index in [2.05, 4.69) is 69.7 Å². The first-order valence-corrected chi connectivity index (χ1v) is 13.7. The Morgan fingerprint density at radius 3 is 2.68 bits per heavy atom. The maximum Gasteiger partial charge on any atom is 0.227 e. The zero-order chi connectivity index (χ0) is 25.9. The SMILES string of the molecule is CN1CCN(c2cccc(Nc3ncc4cccc(-c5cnn(C(CC#N)C6CCCC6)c5)c4n3)c2)CC1. The molecule has 1 atom stereocenters. The molecular formula is C30H34N8. The van der Waals surface area contributed by atoms with E-state index in [1.165, 1.54) is 31.4 Å². The van der Waals surface area contributed by atoms with Gasteiger partial charge in [-0.15, -0.1) is 0 Å². The molecule has 38 heavy (non-hydrogen) atoms. The van der Waals surface area contributed by atoms with E-state index >= 15 is 0 Å². The molecule has 1 saturated carbocycles. The Morgan fingerprint density at radius 2 is 1.87 bits per heavy atom. The summed E-state index contributed by atoms with van der Waals surface area (Å²) in [6, 6.07) is 17.2. The van der Waals surface area contributed by atoms with Crippen molar-refractivity contribution < 1.29 is 0 Å². The molecule has 1 aliphatic carbocycles. The van der Waals surface area contributed by atoms with Gasteiger partial charge in [-0.1, -0.05) is 37.1 Å². The normalized spacial score (nSPS) is 17.5. The maximum absolute atomic E-state index is 9.46. The molecule has 2 fully saturated rings. The van der Waals surface area contributed by atoms with E-state index < -0.39 is 0 Å². The third kappa shape index (κ3) is 5.07. The summed E-state index contributed by atoms with van der Waals surface area (Å²) in [5.74, 6) is 1.09. The summed E-state index contributed by atoms with van der Waals surface area (Å²) in [7, 11) is 2.17. The Morgan fingerprint density at radius 1 is 1.05 bits per heavy atom. The van der Waals surface area contributed by atoms with Crippen LogP contribution in [0.25, 0.3) is 22.0 Å². The van der Waals surface area contributed by atoms with Crippen LogP contribution in [0, 0.1) is 17.2 Å². The molecule has 3 heterocycles. The summed E-state index contributed by atoms with van der Waals surface area (Å²) in [5.41, 5.74) is 5.11. The second-order valence-corrected chi connectivity index (χ2v) is 10.6. The Labute approximate surface area is 223 Å². The van der Waals surface area contributed by atoms with E-state index in [9.17, 15) is 5.26 Å². The molecule has 2 aromatic heterocycles. The molecule has 1 saturated heterocycles. The van der Waals surface area contributed by atoms with Crippen LogP contribution in [0.1, 0.15) is 38.1 Å². The van der Waals surface area contributed by atoms with E-state index in [4.69, 9.17) is 10.1 Å². The third-order valence-electron chi connectivity index (χ3n) is 8.08. The first-order valence-electron chi connectivity index (χ1n) is 13.7. The molecular weight excluding hydrogens is 472 g/mol. The van der Waals surface area contributed by atoms with Crippen LogP contribution in [0.5, 0.6) is 0 Å². The van der Waals surface area contributed by atoms with Crippen molar-refractivity contribution in [1.82, 2.24) is 24.6 Å². The van der Waals surface area contributed by atoms with Crippen LogP contribution in [0.4, 0.5) is 17.3 Å². The number of nitriles is 1. The molecule has 0 spiro atoms. The summed E-state index contributed by atoms with van der Waals surface area (Å²) in [6.45, 7) is 4.20. The lowest BCUT2D eigenvalue weighted by molar-refractivity contribution is 0.313. The van der Waals surface area contributed by atoms with Crippen LogP contribution >= 0.6 is 0 Å². The topological polar surface area (TPSA) is 85.9 Å². The molecule has 1 unspecified atom stereocenters. The third-order valence-corrected chi connectivity index (χ3v) is 8.08. The number of piperazine rings is 1. The summed E-state index contributed by atoms with van der Waals surface area (Å²) in [4.78, 5) is 14.3. The van der Waals surface area contributed by atoms with Gasteiger partial charge in [-0.05, 0) is 44.0 Å². The number of fused-ring (bicyclic) bond motifs is 1. The molecule has 1 N–H and O–H groups in total. The summed E-state index contributed by atoms with van der Waals surface area (Å²) in [5, 5.41) is 18.6. The molecule has 8 heteroatoms. The smallest absolute Gasteiger partial charge is 0.227 e. The van der Waals surface area contributed by atoms with Gasteiger partial charge >= 0.3 is 0 Å². The highest BCUT2D eigenvalue weighted by Crippen LogP contribution is 2.37. The fourth-order valence-electron chi connectivity index (χ4n) is 5.89. The number of para-hydroxylation sites is 1. The molecule has 8 nitrogen and oxygen atoms in total. The van der Waals surface area contributed by atoms with Crippen LogP contribution in [-0.4, -0.2) is 57.9 Å². The van der Waals surface area contributed by atoms with Gasteiger partial charge in [-0.25, -0.2) is 9.97 Å². The molecule has 0 radical (unpaired) electrons. The number of likely N-dealkylation sites (N-methyl/N-ethyl adjacent to an activating group) is 1. The van der Waals surface area contributed by atoms with Gasteiger partial charge in [0.25, 0.3) is 0 Å².